The summed E-state index contributed by atoms with van der Waals surface area (Å²) in [7, 11) is 0. The largest absolute Gasteiger partial charge is 0.372 e. The number of morpholine rings is 1. The van der Waals surface area contributed by atoms with E-state index in [-0.39, 0.29) is 30.6 Å². The zero-order valence-corrected chi connectivity index (χ0v) is 16.4. The number of nitrogens with one attached hydrogen (secondary N) is 1. The number of benzene rings is 1. The van der Waals surface area contributed by atoms with Crippen molar-refractivity contribution in [2.45, 2.75) is 57.3 Å². The van der Waals surface area contributed by atoms with E-state index in [9.17, 15) is 14.4 Å². The molecule has 3 unspecified atom stereocenters. The van der Waals surface area contributed by atoms with Gasteiger partial charge in [-0.2, -0.15) is 0 Å². The van der Waals surface area contributed by atoms with Crippen molar-refractivity contribution in [3.8, 4) is 0 Å². The highest BCUT2D eigenvalue weighted by atomic mass is 16.5. The Kier molecular flexibility index (Phi) is 4.87. The zero-order valence-electron chi connectivity index (χ0n) is 16.4. The Labute approximate surface area is 165 Å². The van der Waals surface area contributed by atoms with Gasteiger partial charge in [0.2, 0.25) is 5.91 Å². The molecule has 4 amide bonds. The van der Waals surface area contributed by atoms with Crippen molar-refractivity contribution in [1.82, 2.24) is 15.1 Å². The van der Waals surface area contributed by atoms with E-state index in [0.29, 0.717) is 19.5 Å². The Morgan fingerprint density at radius 1 is 1.18 bits per heavy atom. The molecule has 0 radical (unpaired) electrons. The van der Waals surface area contributed by atoms with E-state index >= 15 is 0 Å². The smallest absolute Gasteiger partial charge is 0.325 e. The SMILES string of the molecule is CC1CN(C(=O)CN2C(=O)NC3(CCCCc4ccccc43)C2=O)CC(C)O1. The third-order valence-electron chi connectivity index (χ3n) is 5.97. The second-order valence-electron chi connectivity index (χ2n) is 8.15. The van der Waals surface area contributed by atoms with Gasteiger partial charge in [0, 0.05) is 13.1 Å². The summed E-state index contributed by atoms with van der Waals surface area (Å²) in [5.41, 5.74) is 0.919. The maximum absolute atomic E-state index is 13.4. The van der Waals surface area contributed by atoms with Gasteiger partial charge < -0.3 is 15.0 Å². The number of fused-ring (bicyclic) bond motifs is 2. The van der Waals surface area contributed by atoms with Gasteiger partial charge in [-0.1, -0.05) is 24.3 Å². The summed E-state index contributed by atoms with van der Waals surface area (Å²) in [6.07, 6.45) is 3.16. The van der Waals surface area contributed by atoms with Crippen LogP contribution in [0.3, 0.4) is 0 Å². The fourth-order valence-corrected chi connectivity index (χ4v) is 4.73. The third-order valence-corrected chi connectivity index (χ3v) is 5.97. The molecule has 7 heteroatoms. The number of ether oxygens (including phenoxy) is 1. The predicted octanol–water partition coefficient (Wildman–Crippen LogP) is 1.80. The van der Waals surface area contributed by atoms with Crippen LogP contribution in [-0.2, 0) is 26.3 Å². The van der Waals surface area contributed by atoms with Gasteiger partial charge in [0.25, 0.3) is 5.91 Å². The number of hydrogen-bond acceptors (Lipinski definition) is 4. The minimum absolute atomic E-state index is 0.0594. The Bertz CT molecular complexity index is 801. The van der Waals surface area contributed by atoms with Crippen molar-refractivity contribution in [1.29, 1.82) is 0 Å². The molecule has 4 rings (SSSR count). The molecule has 7 nitrogen and oxygen atoms in total. The van der Waals surface area contributed by atoms with Gasteiger partial charge in [0.1, 0.15) is 12.1 Å². The van der Waals surface area contributed by atoms with Gasteiger partial charge in [-0.25, -0.2) is 4.79 Å². The molecule has 2 saturated heterocycles. The van der Waals surface area contributed by atoms with Gasteiger partial charge in [-0.3, -0.25) is 14.5 Å². The van der Waals surface area contributed by atoms with E-state index in [1.54, 1.807) is 4.90 Å². The lowest BCUT2D eigenvalue weighted by Gasteiger charge is -2.36. The lowest BCUT2D eigenvalue weighted by Crippen LogP contribution is -2.52. The number of rotatable bonds is 2. The second-order valence-corrected chi connectivity index (χ2v) is 8.15. The van der Waals surface area contributed by atoms with Gasteiger partial charge in [-0.15, -0.1) is 0 Å². The molecular weight excluding hydrogens is 358 g/mol. The molecule has 1 spiro atoms. The van der Waals surface area contributed by atoms with Crippen LogP contribution in [0.2, 0.25) is 0 Å². The number of nitrogens with zero attached hydrogens (tertiary/aromatic N) is 2. The van der Waals surface area contributed by atoms with Crippen LogP contribution < -0.4 is 5.32 Å². The fourth-order valence-electron chi connectivity index (χ4n) is 4.73. The minimum Gasteiger partial charge on any atom is -0.372 e. The molecule has 0 saturated carbocycles. The molecule has 0 bridgehead atoms. The average molecular weight is 385 g/mol. The molecule has 1 N–H and O–H groups in total. The van der Waals surface area contributed by atoms with Crippen molar-refractivity contribution in [2.24, 2.45) is 0 Å². The Balaban J connectivity index is 1.57. The van der Waals surface area contributed by atoms with Crippen LogP contribution in [0.25, 0.3) is 0 Å². The summed E-state index contributed by atoms with van der Waals surface area (Å²) in [5, 5.41) is 2.93. The van der Waals surface area contributed by atoms with E-state index in [1.807, 2.05) is 38.1 Å². The van der Waals surface area contributed by atoms with Crippen LogP contribution in [-0.4, -0.2) is 59.5 Å². The standard InChI is InChI=1S/C21H27N3O4/c1-14-11-23(12-15(2)28-14)18(25)13-24-19(26)21(22-20(24)27)10-6-5-8-16-7-3-4-9-17(16)21/h3-4,7,9,14-15H,5-6,8,10-13H2,1-2H3,(H,22,27). The Morgan fingerprint density at radius 2 is 1.89 bits per heavy atom. The van der Waals surface area contributed by atoms with Crippen molar-refractivity contribution >= 4 is 17.8 Å². The topological polar surface area (TPSA) is 79.0 Å². The molecule has 2 heterocycles. The molecule has 150 valence electrons. The number of carbonyl (C=O) groups excluding carboxylic acids is 3. The molecule has 3 atom stereocenters. The lowest BCUT2D eigenvalue weighted by atomic mass is 9.84. The molecule has 1 aliphatic carbocycles. The summed E-state index contributed by atoms with van der Waals surface area (Å²) in [6, 6.07) is 7.32. The predicted molar refractivity (Wildman–Crippen MR) is 103 cm³/mol. The maximum atomic E-state index is 13.4. The minimum atomic E-state index is -1.05. The maximum Gasteiger partial charge on any atom is 0.325 e. The fraction of sp³-hybridized carbons (Fsp3) is 0.571. The normalized spacial score (nSPS) is 30.2. The van der Waals surface area contributed by atoms with E-state index in [1.165, 1.54) is 0 Å². The average Bonchev–Trinajstić information content (AvgIpc) is 2.80. The first-order valence-electron chi connectivity index (χ1n) is 10.1. The van der Waals surface area contributed by atoms with E-state index in [4.69, 9.17) is 4.74 Å². The summed E-state index contributed by atoms with van der Waals surface area (Å²) in [5.74, 6) is -0.529. The van der Waals surface area contributed by atoms with Crippen LogP contribution in [0.1, 0.15) is 44.2 Å². The van der Waals surface area contributed by atoms with Gasteiger partial charge in [-0.05, 0) is 50.7 Å². The van der Waals surface area contributed by atoms with Crippen LogP contribution in [0.4, 0.5) is 4.79 Å². The highest BCUT2D eigenvalue weighted by Crippen LogP contribution is 2.38. The van der Waals surface area contributed by atoms with Crippen molar-refractivity contribution in [3.63, 3.8) is 0 Å². The zero-order chi connectivity index (χ0) is 19.9. The lowest BCUT2D eigenvalue weighted by molar-refractivity contribution is -0.147. The van der Waals surface area contributed by atoms with Gasteiger partial charge in [0.15, 0.2) is 0 Å². The molecular formula is C21H27N3O4. The molecule has 2 fully saturated rings. The van der Waals surface area contributed by atoms with Crippen molar-refractivity contribution in [3.05, 3.63) is 35.4 Å². The van der Waals surface area contributed by atoms with Crippen LogP contribution >= 0.6 is 0 Å². The van der Waals surface area contributed by atoms with Crippen molar-refractivity contribution < 1.29 is 19.1 Å². The molecule has 1 aromatic carbocycles. The van der Waals surface area contributed by atoms with Crippen LogP contribution in [0.5, 0.6) is 0 Å². The highest BCUT2D eigenvalue weighted by Gasteiger charge is 2.53. The highest BCUT2D eigenvalue weighted by molar-refractivity contribution is 6.09. The quantitative estimate of drug-likeness (QED) is 0.788. The van der Waals surface area contributed by atoms with Gasteiger partial charge in [0.05, 0.1) is 12.2 Å². The first kappa shape index (κ1) is 18.9. The molecule has 28 heavy (non-hydrogen) atoms. The number of aryl methyl sites for hydroxylation is 1. The van der Waals surface area contributed by atoms with Gasteiger partial charge >= 0.3 is 6.03 Å². The van der Waals surface area contributed by atoms with E-state index in [0.717, 1.165) is 35.3 Å². The first-order valence-corrected chi connectivity index (χ1v) is 10.1. The van der Waals surface area contributed by atoms with E-state index in [2.05, 4.69) is 5.32 Å². The Morgan fingerprint density at radius 3 is 2.64 bits per heavy atom. The molecule has 3 aliphatic rings. The molecule has 0 aromatic heterocycles. The van der Waals surface area contributed by atoms with Crippen LogP contribution in [0, 0.1) is 0 Å². The third kappa shape index (κ3) is 3.17. The number of urea groups is 1. The number of hydrogen-bond donors (Lipinski definition) is 1. The molecule has 1 aromatic rings. The second kappa shape index (κ2) is 7.20. The monoisotopic (exact) mass is 385 g/mol. The summed E-state index contributed by atoms with van der Waals surface area (Å²) in [6.45, 7) is 4.55. The Hall–Kier alpha value is -2.41. The molecule has 2 aliphatic heterocycles. The summed E-state index contributed by atoms with van der Waals surface area (Å²) in [4.78, 5) is 41.7. The van der Waals surface area contributed by atoms with Crippen molar-refractivity contribution in [2.75, 3.05) is 19.6 Å². The number of carbonyl (C=O) groups is 3. The number of amides is 4. The number of imide groups is 1. The summed E-state index contributed by atoms with van der Waals surface area (Å²) < 4.78 is 5.67. The summed E-state index contributed by atoms with van der Waals surface area (Å²) >= 11 is 0. The van der Waals surface area contributed by atoms with E-state index < -0.39 is 11.6 Å². The van der Waals surface area contributed by atoms with Crippen LogP contribution in [0.15, 0.2) is 24.3 Å². The first-order chi connectivity index (χ1) is 13.4.